The fourth-order valence-electron chi connectivity index (χ4n) is 1.77. The van der Waals surface area contributed by atoms with E-state index in [4.69, 9.17) is 5.73 Å². The number of halogens is 1. The number of hydrogen-bond donors (Lipinski definition) is 2. The van der Waals surface area contributed by atoms with Crippen LogP contribution in [0.25, 0.3) is 0 Å². The molecule has 0 aliphatic carbocycles. The highest BCUT2D eigenvalue weighted by molar-refractivity contribution is 6.04. The molecule has 0 atom stereocenters. The molecular weight excluding hydrogens is 243 g/mol. The summed E-state index contributed by atoms with van der Waals surface area (Å²) >= 11 is 0. The van der Waals surface area contributed by atoms with E-state index in [-0.39, 0.29) is 17.2 Å². The van der Waals surface area contributed by atoms with Crippen LogP contribution in [0.4, 0.5) is 15.8 Å². The van der Waals surface area contributed by atoms with Gasteiger partial charge in [-0.3, -0.25) is 4.79 Å². The second-order valence-electron chi connectivity index (χ2n) is 4.28. The number of nitrogens with two attached hydrogens (primary N) is 1. The fraction of sp³-hybridized carbons (Fsp3) is 0.133. The number of amides is 1. The van der Waals surface area contributed by atoms with Crippen LogP contribution in [0.2, 0.25) is 0 Å². The van der Waals surface area contributed by atoms with Crippen LogP contribution < -0.4 is 11.1 Å². The Kier molecular flexibility index (Phi) is 3.80. The number of nitrogens with one attached hydrogen (secondary N) is 1. The van der Waals surface area contributed by atoms with Gasteiger partial charge in [0.05, 0.1) is 0 Å². The molecule has 3 nitrogen and oxygen atoms in total. The van der Waals surface area contributed by atoms with E-state index < -0.39 is 5.82 Å². The van der Waals surface area contributed by atoms with Gasteiger partial charge < -0.3 is 11.1 Å². The second-order valence-corrected chi connectivity index (χ2v) is 4.28. The maximum absolute atomic E-state index is 13.2. The van der Waals surface area contributed by atoms with E-state index in [1.807, 2.05) is 24.3 Å². The van der Waals surface area contributed by atoms with Crippen LogP contribution in [-0.2, 0) is 6.42 Å². The van der Waals surface area contributed by atoms with Crippen LogP contribution in [0.15, 0.2) is 42.5 Å². The summed E-state index contributed by atoms with van der Waals surface area (Å²) in [6, 6.07) is 11.3. The molecule has 98 valence electrons. The molecule has 0 fully saturated rings. The number of carbonyl (C=O) groups excluding carboxylic acids is 1. The van der Waals surface area contributed by atoms with Crippen molar-refractivity contribution in [3.63, 3.8) is 0 Å². The Morgan fingerprint density at radius 1 is 1.21 bits per heavy atom. The molecule has 0 saturated heterocycles. The molecule has 3 N–H and O–H groups in total. The fourth-order valence-corrected chi connectivity index (χ4v) is 1.77. The van der Waals surface area contributed by atoms with Crippen LogP contribution in [0.3, 0.4) is 0 Å². The van der Waals surface area contributed by atoms with Gasteiger partial charge in [-0.15, -0.1) is 0 Å². The maximum Gasteiger partial charge on any atom is 0.255 e. The zero-order valence-corrected chi connectivity index (χ0v) is 10.6. The van der Waals surface area contributed by atoms with Crippen LogP contribution in [0.1, 0.15) is 22.8 Å². The highest BCUT2D eigenvalue weighted by Gasteiger charge is 2.08. The molecule has 1 amide bonds. The Morgan fingerprint density at radius 2 is 1.89 bits per heavy atom. The predicted octanol–water partition coefficient (Wildman–Crippen LogP) is 3.22. The monoisotopic (exact) mass is 258 g/mol. The quantitative estimate of drug-likeness (QED) is 0.830. The summed E-state index contributed by atoms with van der Waals surface area (Å²) in [7, 11) is 0. The lowest BCUT2D eigenvalue weighted by molar-refractivity contribution is 0.102. The van der Waals surface area contributed by atoms with Gasteiger partial charge in [-0.05, 0) is 42.3 Å². The average molecular weight is 258 g/mol. The molecule has 0 aromatic heterocycles. The summed E-state index contributed by atoms with van der Waals surface area (Å²) in [5.74, 6) is -0.901. The predicted molar refractivity (Wildman–Crippen MR) is 74.6 cm³/mol. The standard InChI is InChI=1S/C15H15FN2O/c1-2-10-3-5-14(6-4-10)18-15(19)11-7-12(16)9-13(17)8-11/h3-9H,2,17H2,1H3,(H,18,19). The Balaban J connectivity index is 2.15. The highest BCUT2D eigenvalue weighted by atomic mass is 19.1. The number of benzene rings is 2. The number of rotatable bonds is 3. The first-order valence-corrected chi connectivity index (χ1v) is 6.05. The van der Waals surface area contributed by atoms with Gasteiger partial charge in [0, 0.05) is 16.9 Å². The minimum Gasteiger partial charge on any atom is -0.399 e. The van der Waals surface area contributed by atoms with Gasteiger partial charge in [0.2, 0.25) is 0 Å². The van der Waals surface area contributed by atoms with E-state index in [2.05, 4.69) is 12.2 Å². The van der Waals surface area contributed by atoms with Crippen molar-refractivity contribution in [1.82, 2.24) is 0 Å². The van der Waals surface area contributed by atoms with Gasteiger partial charge in [-0.2, -0.15) is 0 Å². The first-order valence-electron chi connectivity index (χ1n) is 6.05. The number of anilines is 2. The number of aryl methyl sites for hydroxylation is 1. The minimum atomic E-state index is -0.522. The topological polar surface area (TPSA) is 55.1 Å². The van der Waals surface area contributed by atoms with Crippen molar-refractivity contribution in [3.8, 4) is 0 Å². The lowest BCUT2D eigenvalue weighted by Crippen LogP contribution is -2.12. The van der Waals surface area contributed by atoms with E-state index >= 15 is 0 Å². The Hall–Kier alpha value is -2.36. The molecule has 0 spiro atoms. The van der Waals surface area contributed by atoms with Gasteiger partial charge in [0.15, 0.2) is 0 Å². The van der Waals surface area contributed by atoms with Gasteiger partial charge in [-0.1, -0.05) is 19.1 Å². The van der Waals surface area contributed by atoms with E-state index in [0.29, 0.717) is 5.69 Å². The first kappa shape index (κ1) is 13.1. The molecule has 2 rings (SSSR count). The van der Waals surface area contributed by atoms with Crippen molar-refractivity contribution >= 4 is 17.3 Å². The highest BCUT2D eigenvalue weighted by Crippen LogP contribution is 2.14. The number of nitrogen functional groups attached to an aromatic ring is 1. The molecule has 2 aromatic carbocycles. The van der Waals surface area contributed by atoms with Crippen LogP contribution in [-0.4, -0.2) is 5.91 Å². The van der Waals surface area contributed by atoms with Crippen molar-refractivity contribution in [2.45, 2.75) is 13.3 Å². The summed E-state index contributed by atoms with van der Waals surface area (Å²) in [4.78, 5) is 11.9. The summed E-state index contributed by atoms with van der Waals surface area (Å²) in [6.45, 7) is 2.06. The Morgan fingerprint density at radius 3 is 2.47 bits per heavy atom. The van der Waals surface area contributed by atoms with E-state index in [1.54, 1.807) is 0 Å². The third-order valence-electron chi connectivity index (χ3n) is 2.80. The molecule has 0 heterocycles. The average Bonchev–Trinajstić information content (AvgIpc) is 2.38. The first-order chi connectivity index (χ1) is 9.08. The largest absolute Gasteiger partial charge is 0.399 e. The molecular formula is C15H15FN2O. The molecule has 0 aliphatic heterocycles. The Bertz CT molecular complexity index is 573. The van der Waals surface area contributed by atoms with Crippen molar-refractivity contribution in [2.75, 3.05) is 11.1 Å². The number of carbonyl (C=O) groups is 1. The van der Waals surface area contributed by atoms with Crippen molar-refractivity contribution in [3.05, 3.63) is 59.4 Å². The lowest BCUT2D eigenvalue weighted by atomic mass is 10.1. The normalized spacial score (nSPS) is 10.2. The van der Waals surface area contributed by atoms with Crippen LogP contribution >= 0.6 is 0 Å². The molecule has 0 unspecified atom stereocenters. The molecule has 0 aliphatic rings. The van der Waals surface area contributed by atoms with Crippen molar-refractivity contribution in [2.24, 2.45) is 0 Å². The molecule has 4 heteroatoms. The number of hydrogen-bond acceptors (Lipinski definition) is 2. The minimum absolute atomic E-state index is 0.206. The SMILES string of the molecule is CCc1ccc(NC(=O)c2cc(N)cc(F)c2)cc1. The lowest BCUT2D eigenvalue weighted by Gasteiger charge is -2.07. The summed E-state index contributed by atoms with van der Waals surface area (Å²) < 4.78 is 13.2. The molecule has 19 heavy (non-hydrogen) atoms. The summed E-state index contributed by atoms with van der Waals surface area (Å²) in [6.07, 6.45) is 0.939. The van der Waals surface area contributed by atoms with Crippen LogP contribution in [0.5, 0.6) is 0 Å². The second kappa shape index (κ2) is 5.52. The van der Waals surface area contributed by atoms with E-state index in [1.165, 1.54) is 17.7 Å². The zero-order valence-electron chi connectivity index (χ0n) is 10.6. The zero-order chi connectivity index (χ0) is 13.8. The van der Waals surface area contributed by atoms with E-state index in [0.717, 1.165) is 12.5 Å². The van der Waals surface area contributed by atoms with Gasteiger partial charge in [0.25, 0.3) is 5.91 Å². The van der Waals surface area contributed by atoms with Crippen LogP contribution in [0, 0.1) is 5.82 Å². The third kappa shape index (κ3) is 3.31. The van der Waals surface area contributed by atoms with Crippen molar-refractivity contribution < 1.29 is 9.18 Å². The maximum atomic E-state index is 13.2. The van der Waals surface area contributed by atoms with Gasteiger partial charge in [-0.25, -0.2) is 4.39 Å². The van der Waals surface area contributed by atoms with Crippen molar-refractivity contribution in [1.29, 1.82) is 0 Å². The van der Waals surface area contributed by atoms with Gasteiger partial charge in [0.1, 0.15) is 5.82 Å². The van der Waals surface area contributed by atoms with Gasteiger partial charge >= 0.3 is 0 Å². The molecule has 0 radical (unpaired) electrons. The van der Waals surface area contributed by atoms with E-state index in [9.17, 15) is 9.18 Å². The smallest absolute Gasteiger partial charge is 0.255 e. The molecule has 2 aromatic rings. The Labute approximate surface area is 111 Å². The summed E-state index contributed by atoms with van der Waals surface area (Å²) in [5, 5.41) is 2.70. The molecule has 0 bridgehead atoms. The third-order valence-corrected chi connectivity index (χ3v) is 2.80. The molecule has 0 saturated carbocycles. The summed E-state index contributed by atoms with van der Waals surface area (Å²) in [5.41, 5.74) is 7.80.